The number of aryl methyl sites for hydroxylation is 7. The number of ether oxygens (including phenoxy) is 1. The third-order valence-corrected chi connectivity index (χ3v) is 29.2. The van der Waals surface area contributed by atoms with E-state index < -0.39 is 71.2 Å². The van der Waals surface area contributed by atoms with Crippen LogP contribution < -0.4 is 15.5 Å². The van der Waals surface area contributed by atoms with E-state index >= 15 is 0 Å². The molecule has 1 aromatic carbocycles. The predicted molar refractivity (Wildman–Crippen MR) is 501 cm³/mol. The monoisotopic (exact) mass is 2100 g/mol. The number of rotatable bonds is 19. The Morgan fingerprint density at radius 3 is 0.922 bits per heavy atom. The summed E-state index contributed by atoms with van der Waals surface area (Å²) in [4.78, 5) is 86.5. The molecule has 13 aromatic rings. The number of thiophene rings is 6. The molecule has 0 spiro atoms. The molecule has 0 radical (unpaired) electrons. The lowest BCUT2D eigenvalue weighted by atomic mass is 9.89. The highest BCUT2D eigenvalue weighted by Gasteiger charge is 2.42. The van der Waals surface area contributed by atoms with Crippen molar-refractivity contribution in [2.24, 2.45) is 54.1 Å². The Morgan fingerprint density at radius 1 is 0.355 bits per heavy atom. The molecule has 49 heteroatoms. The van der Waals surface area contributed by atoms with E-state index in [0.717, 1.165) is 197 Å². The fourth-order valence-corrected chi connectivity index (χ4v) is 20.4. The number of carbonyl (C=O) groups excluding carboxylic acids is 6. The zero-order valence-electron chi connectivity index (χ0n) is 77.3. The molecule has 758 valence electrons. The number of nitrogens with zero attached hydrogens (tertiary/aromatic N) is 16. The van der Waals surface area contributed by atoms with Gasteiger partial charge in [0.1, 0.15) is 68.3 Å². The molecule has 4 fully saturated rings. The second kappa shape index (κ2) is 45.6. The van der Waals surface area contributed by atoms with Crippen LogP contribution in [-0.2, 0) is 84.1 Å². The lowest BCUT2D eigenvalue weighted by molar-refractivity contribution is -0.144. The van der Waals surface area contributed by atoms with Gasteiger partial charge in [-0.15, -0.1) is 68.0 Å². The standard InChI is InChI=1S/C18H16F3N3OS.C17H20F3N3OS.C15H16F3N3OS.C14H14F3N3O2S.C14H14F3N3OS.C14H16F3N3OS/c1-11-4-6-12(7-5-11)23(2)17(25)15-9-8-14(26-15)13-10-16(18(19,20)21)24(3)22-13;1-23-15(17(18,19)20)9-12(22-23)13-7-8-14(25-13)16(24)21-10-11-5-3-2-4-6-11;1-20-13(15(16,17)18)9-10(19-20)11-5-6-12(23-11)14(22)21-7-3-2-4-8-21;1-19-12(14(15,16)17)8-9(18-19)10-2-3-11(23-10)13(21)20-4-6-22-7-5-20;1-20-12(14(15,16)17)6-9(19-20)10-4-5-11(22-10)13(21)18-7-8-2-3-8;1-4-7-19(2)13(21)11-6-5-10(22-11)9-8-12(14(15,16)17)20(3)18-9/h4-10H,1-3H3;7-9,11H,2-6,10H2,1H3,(H,21,24);5-6,9H,2-4,7-8H2,1H3;2-3,8H,4-7H2,1H3;4-6,8H,2-3,7H2,1H3,(H,18,21);5-6,8H,4,7H2,1-3H3. The van der Waals surface area contributed by atoms with Gasteiger partial charge in [0.05, 0.1) is 71.7 Å². The molecule has 14 heterocycles. The minimum atomic E-state index is -4.47. The number of anilines is 1. The molecule has 0 unspecified atom stereocenters. The van der Waals surface area contributed by atoms with Gasteiger partial charge in [-0.05, 0) is 191 Å². The summed E-state index contributed by atoms with van der Waals surface area (Å²) in [6.07, 6.45) is -14.5. The number of piperidine rings is 1. The maximum absolute atomic E-state index is 12.9. The van der Waals surface area contributed by atoms with Crippen LogP contribution in [0.25, 0.3) is 63.4 Å². The van der Waals surface area contributed by atoms with E-state index in [9.17, 15) is 108 Å². The van der Waals surface area contributed by atoms with Crippen molar-refractivity contribution in [1.82, 2.24) is 84.0 Å². The van der Waals surface area contributed by atoms with Crippen LogP contribution in [0.3, 0.4) is 0 Å². The SMILES string of the molecule is CCCN(C)C(=O)c1ccc(-c2cc(C(F)(F)F)n(C)n2)s1.Cc1ccc(N(C)C(=O)c2ccc(-c3cc(C(F)(F)F)n(C)n3)s2)cc1.Cn1nc(-c2ccc(C(=O)N3CCCCC3)s2)cc1C(F)(F)F.Cn1nc(-c2ccc(C(=O)N3CCOCC3)s2)cc1C(F)(F)F.Cn1nc(-c2ccc(C(=O)NCC3CC3)s2)cc1C(F)(F)F.Cn1nc(-c2ccc(C(=O)NCC3CCCCC3)s2)cc1C(F)(F)F. The van der Waals surface area contributed by atoms with Crippen LogP contribution in [0.1, 0.15) is 175 Å². The Morgan fingerprint density at radius 2 is 0.624 bits per heavy atom. The van der Waals surface area contributed by atoms with Crippen LogP contribution >= 0.6 is 68.0 Å². The highest BCUT2D eigenvalue weighted by molar-refractivity contribution is 7.19. The van der Waals surface area contributed by atoms with Crippen LogP contribution in [0.5, 0.6) is 0 Å². The Labute approximate surface area is 820 Å². The van der Waals surface area contributed by atoms with Gasteiger partial charge in [0.15, 0.2) is 0 Å². The zero-order chi connectivity index (χ0) is 103. The Balaban J connectivity index is 0.000000151. The summed E-state index contributed by atoms with van der Waals surface area (Å²) in [6, 6.07) is 33.1. The first-order chi connectivity index (χ1) is 66.3. The summed E-state index contributed by atoms with van der Waals surface area (Å²) < 4.78 is 241. The summed E-state index contributed by atoms with van der Waals surface area (Å²) in [6.45, 7) is 9.41. The maximum atomic E-state index is 12.9. The minimum Gasteiger partial charge on any atom is -0.378 e. The Hall–Kier alpha value is -11.8. The van der Waals surface area contributed by atoms with E-state index in [4.69, 9.17) is 4.74 Å². The molecular formula is C92H96F18N18O7S6. The van der Waals surface area contributed by atoms with E-state index in [2.05, 4.69) is 41.2 Å². The third kappa shape index (κ3) is 28.4. The molecular weight excluding hydrogens is 2000 g/mol. The number of hydrogen-bond donors (Lipinski definition) is 2. The number of hydrogen-bond acceptors (Lipinski definition) is 19. The second-order valence-electron chi connectivity index (χ2n) is 33.3. The molecule has 2 aliphatic heterocycles. The Kier molecular flexibility index (Phi) is 35.0. The van der Waals surface area contributed by atoms with Gasteiger partial charge in [-0.25, -0.2) is 0 Å². The van der Waals surface area contributed by atoms with E-state index in [1.54, 1.807) is 102 Å². The van der Waals surface area contributed by atoms with Gasteiger partial charge >= 0.3 is 37.1 Å². The molecule has 12 aromatic heterocycles. The summed E-state index contributed by atoms with van der Waals surface area (Å²) in [5.41, 5.74) is -1.73. The topological polar surface area (TPSA) is 256 Å². The summed E-state index contributed by atoms with van der Waals surface area (Å²) in [5.74, 6) is 0.214. The summed E-state index contributed by atoms with van der Waals surface area (Å²) in [5, 5.41) is 29.2. The van der Waals surface area contributed by atoms with Gasteiger partial charge in [-0.3, -0.25) is 56.9 Å². The zero-order valence-corrected chi connectivity index (χ0v) is 82.2. The second-order valence-corrected chi connectivity index (χ2v) is 39.8. The van der Waals surface area contributed by atoms with Gasteiger partial charge in [0.2, 0.25) is 0 Å². The van der Waals surface area contributed by atoms with Gasteiger partial charge < -0.3 is 35.0 Å². The minimum absolute atomic E-state index is 0.0482. The fraction of sp³-hybridized carbons (Fsp3) is 0.413. The average Bonchev–Trinajstić information content (AvgIpc) is 1.66. The number of morpholine rings is 1. The number of carbonyl (C=O) groups is 6. The number of amides is 6. The van der Waals surface area contributed by atoms with Crippen LogP contribution in [0.4, 0.5) is 84.7 Å². The number of benzene rings is 1. The van der Waals surface area contributed by atoms with Crippen LogP contribution in [0.2, 0.25) is 0 Å². The molecule has 4 aliphatic rings. The number of likely N-dealkylation sites (tertiary alicyclic amines) is 1. The van der Waals surface area contributed by atoms with E-state index in [-0.39, 0.29) is 69.6 Å². The van der Waals surface area contributed by atoms with Crippen LogP contribution in [0, 0.1) is 18.8 Å². The molecule has 2 saturated heterocycles. The first kappa shape index (κ1) is 108. The van der Waals surface area contributed by atoms with Crippen molar-refractivity contribution in [1.29, 1.82) is 0 Å². The molecule has 2 saturated carbocycles. The molecule has 2 N–H and O–H groups in total. The quantitative estimate of drug-likeness (QED) is 0.0715. The molecule has 6 amide bonds. The fourth-order valence-electron chi connectivity index (χ4n) is 14.9. The van der Waals surface area contributed by atoms with Crippen LogP contribution in [0.15, 0.2) is 133 Å². The van der Waals surface area contributed by atoms with Crippen molar-refractivity contribution in [2.45, 2.75) is 122 Å². The molecule has 0 atom stereocenters. The highest BCUT2D eigenvalue weighted by atomic mass is 32.1. The van der Waals surface area contributed by atoms with Crippen molar-refractivity contribution < 1.29 is 113 Å². The van der Waals surface area contributed by atoms with Gasteiger partial charge in [0, 0.05) is 108 Å². The molecule has 0 bridgehead atoms. The number of halogens is 18. The van der Waals surface area contributed by atoms with E-state index in [1.165, 1.54) is 77.8 Å². The molecule has 25 nitrogen and oxygen atoms in total. The van der Waals surface area contributed by atoms with Crippen LogP contribution in [-0.4, -0.2) is 182 Å². The molecule has 2 aliphatic carbocycles. The highest BCUT2D eigenvalue weighted by Crippen LogP contribution is 2.43. The number of nitrogens with one attached hydrogen (secondary N) is 2. The average molecular weight is 2100 g/mol. The number of alkyl halides is 18. The molecule has 141 heavy (non-hydrogen) atoms. The third-order valence-electron chi connectivity index (χ3n) is 22.6. The first-order valence-corrected chi connectivity index (χ1v) is 48.8. The first-order valence-electron chi connectivity index (χ1n) is 43.9. The number of aromatic nitrogens is 12. The van der Waals surface area contributed by atoms with Crippen molar-refractivity contribution >= 4 is 109 Å². The van der Waals surface area contributed by atoms with Crippen molar-refractivity contribution in [3.05, 3.63) is 202 Å². The van der Waals surface area contributed by atoms with Crippen molar-refractivity contribution in [3.8, 4) is 63.4 Å². The largest absolute Gasteiger partial charge is 0.433 e. The van der Waals surface area contributed by atoms with Crippen molar-refractivity contribution in [2.75, 3.05) is 78.0 Å². The maximum Gasteiger partial charge on any atom is 0.433 e. The van der Waals surface area contributed by atoms with Gasteiger partial charge in [-0.1, -0.05) is 43.9 Å². The lowest BCUT2D eigenvalue weighted by Gasteiger charge is -2.26. The smallest absolute Gasteiger partial charge is 0.378 e. The predicted octanol–water partition coefficient (Wildman–Crippen LogP) is 22.6. The lowest BCUT2D eigenvalue weighted by Crippen LogP contribution is -2.40. The molecule has 17 rings (SSSR count). The van der Waals surface area contributed by atoms with E-state index in [0.29, 0.717) is 116 Å². The summed E-state index contributed by atoms with van der Waals surface area (Å²) in [7, 11) is 10.9. The van der Waals surface area contributed by atoms with Crippen molar-refractivity contribution in [3.63, 3.8) is 0 Å². The normalized spacial score (nSPS) is 14.4. The van der Waals surface area contributed by atoms with Gasteiger partial charge in [0.25, 0.3) is 35.4 Å². The summed E-state index contributed by atoms with van der Waals surface area (Å²) >= 11 is 6.90. The van der Waals surface area contributed by atoms with E-state index in [1.807, 2.05) is 38.1 Å². The Bertz CT molecular complexity index is 6340. The van der Waals surface area contributed by atoms with Gasteiger partial charge in [-0.2, -0.15) is 110 Å².